The van der Waals surface area contributed by atoms with Crippen molar-refractivity contribution < 1.29 is 14.3 Å². The maximum Gasteiger partial charge on any atom is 0.376 e. The fourth-order valence-electron chi connectivity index (χ4n) is 0.853. The van der Waals surface area contributed by atoms with Crippen LogP contribution in [0, 0.1) is 0 Å². The fourth-order valence-corrected chi connectivity index (χ4v) is 1.61. The average Bonchev–Trinajstić information content (AvgIpc) is 2.18. The van der Waals surface area contributed by atoms with Gasteiger partial charge in [0.05, 0.1) is 11.9 Å². The van der Waals surface area contributed by atoms with Crippen molar-refractivity contribution in [2.24, 2.45) is 0 Å². The van der Waals surface area contributed by atoms with Gasteiger partial charge in [-0.3, -0.25) is 4.79 Å². The Morgan fingerprint density at radius 3 is 2.77 bits per heavy atom. The van der Waals surface area contributed by atoms with Crippen molar-refractivity contribution in [2.75, 3.05) is 6.61 Å². The van der Waals surface area contributed by atoms with Gasteiger partial charge in [0, 0.05) is 0 Å². The third-order valence-electron chi connectivity index (χ3n) is 1.44. The molecule has 0 aromatic carbocycles. The number of thioether (sulfide) groups is 1. The number of carbonyl (C=O) groups is 2. The molecule has 0 radical (unpaired) electrons. The van der Waals surface area contributed by atoms with Gasteiger partial charge in [-0.1, -0.05) is 18.2 Å². The Morgan fingerprint density at radius 1 is 1.46 bits per heavy atom. The summed E-state index contributed by atoms with van der Waals surface area (Å²) in [6, 6.07) is 0. The standard InChI is InChI=1S/C9H10O3S/c1-2-12-9(11)8(10)7-5-3-4-6-13-7/h3-7H,2H2,1H3. The van der Waals surface area contributed by atoms with Gasteiger partial charge in [0.1, 0.15) is 0 Å². The molecular formula is C9H10O3S. The summed E-state index contributed by atoms with van der Waals surface area (Å²) in [5.41, 5.74) is 0. The molecular weight excluding hydrogens is 188 g/mol. The van der Waals surface area contributed by atoms with Gasteiger partial charge in [0.2, 0.25) is 0 Å². The Morgan fingerprint density at radius 2 is 2.23 bits per heavy atom. The largest absolute Gasteiger partial charge is 0.460 e. The van der Waals surface area contributed by atoms with Gasteiger partial charge in [0.15, 0.2) is 0 Å². The van der Waals surface area contributed by atoms with E-state index in [2.05, 4.69) is 4.74 Å². The molecule has 1 aliphatic rings. The zero-order valence-electron chi connectivity index (χ0n) is 7.23. The van der Waals surface area contributed by atoms with Crippen LogP contribution < -0.4 is 0 Å². The van der Waals surface area contributed by atoms with Crippen LogP contribution in [0.4, 0.5) is 0 Å². The van der Waals surface area contributed by atoms with Gasteiger partial charge in [-0.2, -0.15) is 0 Å². The molecule has 0 bridgehead atoms. The number of hydrogen-bond acceptors (Lipinski definition) is 4. The van der Waals surface area contributed by atoms with Crippen molar-refractivity contribution in [3.05, 3.63) is 23.6 Å². The molecule has 0 spiro atoms. The molecule has 0 N–H and O–H groups in total. The second-order valence-corrected chi connectivity index (χ2v) is 3.41. The van der Waals surface area contributed by atoms with Crippen LogP contribution in [-0.2, 0) is 14.3 Å². The van der Waals surface area contributed by atoms with E-state index in [9.17, 15) is 9.59 Å². The second-order valence-electron chi connectivity index (χ2n) is 2.35. The van der Waals surface area contributed by atoms with E-state index in [1.807, 2.05) is 6.08 Å². The molecule has 0 fully saturated rings. The third kappa shape index (κ3) is 2.73. The smallest absolute Gasteiger partial charge is 0.376 e. The number of ether oxygens (including phenoxy) is 1. The predicted molar refractivity (Wildman–Crippen MR) is 51.3 cm³/mol. The summed E-state index contributed by atoms with van der Waals surface area (Å²) in [6.45, 7) is 1.91. The summed E-state index contributed by atoms with van der Waals surface area (Å²) in [4.78, 5) is 22.3. The monoisotopic (exact) mass is 198 g/mol. The number of hydrogen-bond donors (Lipinski definition) is 0. The first-order chi connectivity index (χ1) is 6.25. The van der Waals surface area contributed by atoms with E-state index >= 15 is 0 Å². The number of carbonyl (C=O) groups excluding carboxylic acids is 2. The number of Topliss-reactive ketones (excluding diaryl/α,β-unsaturated/α-hetero) is 1. The Kier molecular flexibility index (Phi) is 3.76. The van der Waals surface area contributed by atoms with Crippen LogP contribution in [0.5, 0.6) is 0 Å². The minimum Gasteiger partial charge on any atom is -0.460 e. The van der Waals surface area contributed by atoms with Crippen molar-refractivity contribution in [2.45, 2.75) is 12.2 Å². The van der Waals surface area contributed by atoms with Crippen LogP contribution in [0.1, 0.15) is 6.92 Å². The van der Waals surface area contributed by atoms with E-state index in [4.69, 9.17) is 0 Å². The first-order valence-corrected chi connectivity index (χ1v) is 4.89. The number of esters is 1. The Labute approximate surface area is 80.8 Å². The van der Waals surface area contributed by atoms with Gasteiger partial charge in [0.25, 0.3) is 5.78 Å². The molecule has 0 saturated carbocycles. The van der Waals surface area contributed by atoms with E-state index in [1.165, 1.54) is 11.8 Å². The Balaban J connectivity index is 2.52. The highest BCUT2D eigenvalue weighted by molar-refractivity contribution is 8.03. The van der Waals surface area contributed by atoms with Crippen LogP contribution in [0.2, 0.25) is 0 Å². The zero-order chi connectivity index (χ0) is 9.68. The summed E-state index contributed by atoms with van der Waals surface area (Å²) < 4.78 is 4.60. The zero-order valence-corrected chi connectivity index (χ0v) is 8.04. The summed E-state index contributed by atoms with van der Waals surface area (Å²) >= 11 is 1.31. The van der Waals surface area contributed by atoms with Crippen LogP contribution in [0.3, 0.4) is 0 Å². The van der Waals surface area contributed by atoms with Gasteiger partial charge >= 0.3 is 5.97 Å². The number of allylic oxidation sites excluding steroid dienone is 2. The third-order valence-corrected chi connectivity index (χ3v) is 2.41. The number of ketones is 1. The molecule has 0 aliphatic carbocycles. The Hall–Kier alpha value is -1.03. The van der Waals surface area contributed by atoms with Crippen LogP contribution in [0.15, 0.2) is 23.6 Å². The molecule has 0 amide bonds. The molecule has 0 aromatic heterocycles. The SMILES string of the molecule is CCOC(=O)C(=O)C1C=CC=CS1. The summed E-state index contributed by atoms with van der Waals surface area (Å²) in [7, 11) is 0. The van der Waals surface area contributed by atoms with Gasteiger partial charge in [-0.25, -0.2) is 4.79 Å². The highest BCUT2D eigenvalue weighted by Gasteiger charge is 2.24. The lowest BCUT2D eigenvalue weighted by molar-refractivity contribution is -0.152. The predicted octanol–water partition coefficient (Wildman–Crippen LogP) is 1.30. The Bertz CT molecular complexity index is 268. The van der Waals surface area contributed by atoms with Gasteiger partial charge in [-0.05, 0) is 12.3 Å². The molecule has 13 heavy (non-hydrogen) atoms. The fraction of sp³-hybridized carbons (Fsp3) is 0.333. The van der Waals surface area contributed by atoms with Crippen molar-refractivity contribution in [1.29, 1.82) is 0 Å². The van der Waals surface area contributed by atoms with E-state index in [1.54, 1.807) is 24.5 Å². The minimum atomic E-state index is -0.750. The van der Waals surface area contributed by atoms with Gasteiger partial charge in [-0.15, -0.1) is 11.8 Å². The van der Waals surface area contributed by atoms with Crippen molar-refractivity contribution in [3.63, 3.8) is 0 Å². The second kappa shape index (κ2) is 4.87. The quantitative estimate of drug-likeness (QED) is 0.506. The van der Waals surface area contributed by atoms with Crippen LogP contribution in [-0.4, -0.2) is 23.6 Å². The highest BCUT2D eigenvalue weighted by atomic mass is 32.2. The lowest BCUT2D eigenvalue weighted by Gasteiger charge is -2.09. The summed E-state index contributed by atoms with van der Waals surface area (Å²) in [5.74, 6) is -1.24. The van der Waals surface area contributed by atoms with E-state index in [0.717, 1.165) is 0 Å². The lowest BCUT2D eigenvalue weighted by Crippen LogP contribution is -2.26. The van der Waals surface area contributed by atoms with Crippen LogP contribution >= 0.6 is 11.8 Å². The van der Waals surface area contributed by atoms with Crippen molar-refractivity contribution in [3.8, 4) is 0 Å². The molecule has 1 aliphatic heterocycles. The molecule has 1 heterocycles. The summed E-state index contributed by atoms with van der Waals surface area (Å²) in [5, 5.41) is 1.37. The lowest BCUT2D eigenvalue weighted by atomic mass is 10.2. The summed E-state index contributed by atoms with van der Waals surface area (Å²) in [6.07, 6.45) is 5.25. The molecule has 4 heteroatoms. The molecule has 1 unspecified atom stereocenters. The maximum atomic E-state index is 11.3. The highest BCUT2D eigenvalue weighted by Crippen LogP contribution is 2.19. The van der Waals surface area contributed by atoms with E-state index < -0.39 is 17.0 Å². The molecule has 0 saturated heterocycles. The van der Waals surface area contributed by atoms with E-state index in [-0.39, 0.29) is 6.61 Å². The molecule has 3 nitrogen and oxygen atoms in total. The van der Waals surface area contributed by atoms with E-state index in [0.29, 0.717) is 0 Å². The van der Waals surface area contributed by atoms with Crippen LogP contribution in [0.25, 0.3) is 0 Å². The van der Waals surface area contributed by atoms with Crippen molar-refractivity contribution >= 4 is 23.5 Å². The van der Waals surface area contributed by atoms with Crippen molar-refractivity contribution in [1.82, 2.24) is 0 Å². The molecule has 1 rings (SSSR count). The maximum absolute atomic E-state index is 11.3. The first-order valence-electron chi connectivity index (χ1n) is 3.95. The first kappa shape index (κ1) is 10.1. The molecule has 1 atom stereocenters. The number of rotatable bonds is 3. The molecule has 70 valence electrons. The molecule has 0 aromatic rings. The topological polar surface area (TPSA) is 43.4 Å². The average molecular weight is 198 g/mol. The normalized spacial score (nSPS) is 19.9. The minimum absolute atomic E-state index is 0.238. The van der Waals surface area contributed by atoms with Gasteiger partial charge < -0.3 is 4.74 Å².